The molecule has 146 valence electrons. The van der Waals surface area contributed by atoms with Gasteiger partial charge >= 0.3 is 5.97 Å². The summed E-state index contributed by atoms with van der Waals surface area (Å²) >= 11 is 5.97. The molecule has 28 heavy (non-hydrogen) atoms. The summed E-state index contributed by atoms with van der Waals surface area (Å²) in [6.45, 7) is 1.24. The van der Waals surface area contributed by atoms with Crippen molar-refractivity contribution in [1.82, 2.24) is 0 Å². The topological polar surface area (TPSA) is 87.0 Å². The first-order valence-corrected chi connectivity index (χ1v) is 8.68. The Kier molecular flexibility index (Phi) is 5.75. The average Bonchev–Trinajstić information content (AvgIpc) is 3.02. The van der Waals surface area contributed by atoms with E-state index in [2.05, 4.69) is 5.32 Å². The number of aryl methyl sites for hydroxylation is 1. The molecule has 0 aliphatic heterocycles. The van der Waals surface area contributed by atoms with Crippen LogP contribution in [0.25, 0.3) is 11.0 Å². The van der Waals surface area contributed by atoms with Crippen molar-refractivity contribution in [3.8, 4) is 11.5 Å². The molecule has 0 aliphatic rings. The summed E-state index contributed by atoms with van der Waals surface area (Å²) in [5.74, 6) is -0.215. The first-order chi connectivity index (χ1) is 13.4. The van der Waals surface area contributed by atoms with Crippen LogP contribution in [0.3, 0.4) is 0 Å². The van der Waals surface area contributed by atoms with Gasteiger partial charge < -0.3 is 23.9 Å². The molecule has 1 amide bonds. The van der Waals surface area contributed by atoms with Crippen molar-refractivity contribution in [2.75, 3.05) is 26.1 Å². The van der Waals surface area contributed by atoms with Crippen LogP contribution in [-0.4, -0.2) is 32.7 Å². The lowest BCUT2D eigenvalue weighted by molar-refractivity contribution is -0.119. The summed E-state index contributed by atoms with van der Waals surface area (Å²) in [4.78, 5) is 24.5. The van der Waals surface area contributed by atoms with Crippen LogP contribution in [0, 0.1) is 6.92 Å². The molecule has 0 saturated heterocycles. The molecule has 2 aromatic carbocycles. The van der Waals surface area contributed by atoms with Gasteiger partial charge in [-0.05, 0) is 37.3 Å². The number of benzene rings is 2. The van der Waals surface area contributed by atoms with Gasteiger partial charge in [0.2, 0.25) is 5.76 Å². The zero-order valence-corrected chi connectivity index (χ0v) is 16.3. The van der Waals surface area contributed by atoms with E-state index in [4.69, 9.17) is 30.2 Å². The van der Waals surface area contributed by atoms with Gasteiger partial charge in [0, 0.05) is 22.0 Å². The Morgan fingerprint density at radius 1 is 1.11 bits per heavy atom. The van der Waals surface area contributed by atoms with Gasteiger partial charge in [-0.25, -0.2) is 4.79 Å². The number of methoxy groups -OCH3 is 2. The highest BCUT2D eigenvalue weighted by atomic mass is 35.5. The smallest absolute Gasteiger partial charge is 0.375 e. The number of esters is 1. The summed E-state index contributed by atoms with van der Waals surface area (Å²) in [5, 5.41) is 3.87. The van der Waals surface area contributed by atoms with E-state index in [-0.39, 0.29) is 5.76 Å². The second kappa shape index (κ2) is 8.22. The van der Waals surface area contributed by atoms with Gasteiger partial charge in [-0.1, -0.05) is 11.6 Å². The van der Waals surface area contributed by atoms with E-state index in [1.165, 1.54) is 14.2 Å². The van der Waals surface area contributed by atoms with E-state index < -0.39 is 18.5 Å². The van der Waals surface area contributed by atoms with E-state index >= 15 is 0 Å². The Balaban J connectivity index is 1.66. The Hall–Kier alpha value is -3.19. The highest BCUT2D eigenvalue weighted by molar-refractivity contribution is 6.31. The van der Waals surface area contributed by atoms with Crippen molar-refractivity contribution >= 4 is 40.1 Å². The van der Waals surface area contributed by atoms with Crippen LogP contribution >= 0.6 is 11.6 Å². The van der Waals surface area contributed by atoms with E-state index in [9.17, 15) is 9.59 Å². The van der Waals surface area contributed by atoms with E-state index in [1.54, 1.807) is 43.3 Å². The fourth-order valence-electron chi connectivity index (χ4n) is 2.67. The number of anilines is 1. The molecule has 0 radical (unpaired) electrons. The number of amides is 1. The van der Waals surface area contributed by atoms with Crippen molar-refractivity contribution in [2.45, 2.75) is 6.92 Å². The molecule has 8 heteroatoms. The maximum Gasteiger partial charge on any atom is 0.375 e. The number of carbonyl (C=O) groups excluding carboxylic acids is 2. The lowest BCUT2D eigenvalue weighted by Gasteiger charge is -2.11. The summed E-state index contributed by atoms with van der Waals surface area (Å²) in [6, 6.07) is 9.97. The number of fused-ring (bicyclic) bond motifs is 1. The average molecular weight is 404 g/mol. The van der Waals surface area contributed by atoms with Crippen molar-refractivity contribution in [2.24, 2.45) is 0 Å². The summed E-state index contributed by atoms with van der Waals surface area (Å²) in [7, 11) is 3.00. The zero-order chi connectivity index (χ0) is 20.3. The van der Waals surface area contributed by atoms with Crippen molar-refractivity contribution in [1.29, 1.82) is 0 Å². The third kappa shape index (κ3) is 4.04. The van der Waals surface area contributed by atoms with Crippen LogP contribution in [-0.2, 0) is 9.53 Å². The van der Waals surface area contributed by atoms with Gasteiger partial charge in [0.25, 0.3) is 5.91 Å². The molecule has 0 unspecified atom stereocenters. The van der Waals surface area contributed by atoms with Crippen LogP contribution in [0.5, 0.6) is 11.5 Å². The zero-order valence-electron chi connectivity index (χ0n) is 15.5. The lowest BCUT2D eigenvalue weighted by atomic mass is 10.1. The van der Waals surface area contributed by atoms with Gasteiger partial charge in [-0.15, -0.1) is 0 Å². The predicted molar refractivity (Wildman–Crippen MR) is 104 cm³/mol. The number of furan rings is 1. The minimum absolute atomic E-state index is 0.0343. The standard InChI is InChI=1S/C20H18ClNO6/c1-11-14-8-12(21)4-7-16(14)28-19(11)20(24)27-10-18(23)22-15-6-5-13(25-2)9-17(15)26-3/h4-9H,10H2,1-3H3,(H,22,23). The quantitative estimate of drug-likeness (QED) is 0.620. The Morgan fingerprint density at radius 3 is 2.61 bits per heavy atom. The fourth-order valence-corrected chi connectivity index (χ4v) is 2.84. The minimum Gasteiger partial charge on any atom is -0.497 e. The molecule has 0 bridgehead atoms. The molecule has 0 spiro atoms. The number of halogens is 1. The third-order valence-electron chi connectivity index (χ3n) is 4.10. The van der Waals surface area contributed by atoms with Gasteiger partial charge in [-0.3, -0.25) is 4.79 Å². The number of nitrogens with one attached hydrogen (secondary N) is 1. The minimum atomic E-state index is -0.735. The SMILES string of the molecule is COc1ccc(NC(=O)COC(=O)c2oc3ccc(Cl)cc3c2C)c(OC)c1. The molecule has 7 nitrogen and oxygen atoms in total. The first kappa shape index (κ1) is 19.6. The normalized spacial score (nSPS) is 10.6. The molecular formula is C20H18ClNO6. The molecule has 0 fully saturated rings. The summed E-state index contributed by atoms with van der Waals surface area (Å²) in [5.41, 5.74) is 1.54. The molecule has 1 heterocycles. The number of carbonyl (C=O) groups is 2. The number of hydrogen-bond donors (Lipinski definition) is 1. The molecule has 0 aliphatic carbocycles. The van der Waals surface area contributed by atoms with Crippen LogP contribution in [0.4, 0.5) is 5.69 Å². The highest BCUT2D eigenvalue weighted by Crippen LogP contribution is 2.30. The van der Waals surface area contributed by atoms with Crippen LogP contribution in [0.1, 0.15) is 16.1 Å². The largest absolute Gasteiger partial charge is 0.497 e. The van der Waals surface area contributed by atoms with Crippen molar-refractivity contribution in [3.05, 3.63) is 52.7 Å². The second-order valence-electron chi connectivity index (χ2n) is 5.89. The lowest BCUT2D eigenvalue weighted by Crippen LogP contribution is -2.21. The molecular weight excluding hydrogens is 386 g/mol. The van der Waals surface area contributed by atoms with Crippen LogP contribution in [0.2, 0.25) is 5.02 Å². The second-order valence-corrected chi connectivity index (χ2v) is 6.32. The molecule has 1 aromatic heterocycles. The third-order valence-corrected chi connectivity index (χ3v) is 4.34. The fraction of sp³-hybridized carbons (Fsp3) is 0.200. The summed E-state index contributed by atoms with van der Waals surface area (Å²) in [6.07, 6.45) is 0. The van der Waals surface area contributed by atoms with Crippen molar-refractivity contribution in [3.63, 3.8) is 0 Å². The Labute approximate surface area is 166 Å². The Morgan fingerprint density at radius 2 is 1.89 bits per heavy atom. The van der Waals surface area contributed by atoms with E-state index in [0.717, 1.165) is 0 Å². The predicted octanol–water partition coefficient (Wildman–Crippen LogP) is 4.21. The number of rotatable bonds is 6. The first-order valence-electron chi connectivity index (χ1n) is 8.30. The Bertz CT molecular complexity index is 1040. The van der Waals surface area contributed by atoms with Crippen molar-refractivity contribution < 1.29 is 28.2 Å². The van der Waals surface area contributed by atoms with Gasteiger partial charge in [0.15, 0.2) is 6.61 Å². The van der Waals surface area contributed by atoms with Crippen LogP contribution in [0.15, 0.2) is 40.8 Å². The highest BCUT2D eigenvalue weighted by Gasteiger charge is 2.20. The van der Waals surface area contributed by atoms with E-state index in [0.29, 0.717) is 38.7 Å². The van der Waals surface area contributed by atoms with Gasteiger partial charge in [0.05, 0.1) is 19.9 Å². The molecule has 3 rings (SSSR count). The van der Waals surface area contributed by atoms with Gasteiger partial charge in [0.1, 0.15) is 17.1 Å². The van der Waals surface area contributed by atoms with Gasteiger partial charge in [-0.2, -0.15) is 0 Å². The number of ether oxygens (including phenoxy) is 3. The maximum absolute atomic E-state index is 12.3. The monoisotopic (exact) mass is 403 g/mol. The van der Waals surface area contributed by atoms with Crippen LogP contribution < -0.4 is 14.8 Å². The molecule has 1 N–H and O–H groups in total. The maximum atomic E-state index is 12.3. The number of hydrogen-bond acceptors (Lipinski definition) is 6. The molecule has 0 saturated carbocycles. The van der Waals surface area contributed by atoms with E-state index in [1.807, 2.05) is 0 Å². The summed E-state index contributed by atoms with van der Waals surface area (Å²) < 4.78 is 20.9. The molecule has 3 aromatic rings. The molecule has 0 atom stereocenters.